The van der Waals surface area contributed by atoms with E-state index in [4.69, 9.17) is 4.74 Å². The van der Waals surface area contributed by atoms with Crippen molar-refractivity contribution in [3.63, 3.8) is 0 Å². The van der Waals surface area contributed by atoms with Gasteiger partial charge in [-0.1, -0.05) is 61.9 Å². The van der Waals surface area contributed by atoms with Gasteiger partial charge < -0.3 is 4.74 Å². The molecular formula is C22H30O2. The maximum Gasteiger partial charge on any atom is 0.305 e. The molecule has 0 bridgehead atoms. The number of rotatable bonds is 5. The number of aryl methyl sites for hydroxylation is 3. The minimum Gasteiger partial charge on any atom is -0.469 e. The van der Waals surface area contributed by atoms with E-state index < -0.39 is 0 Å². The minimum absolute atomic E-state index is 0.150. The van der Waals surface area contributed by atoms with E-state index in [0.29, 0.717) is 6.42 Å². The highest BCUT2D eigenvalue weighted by atomic mass is 16.5. The molecule has 2 heteroatoms. The van der Waals surface area contributed by atoms with E-state index in [1.165, 1.54) is 34.9 Å². The molecule has 0 aliphatic rings. The summed E-state index contributed by atoms with van der Waals surface area (Å²) in [7, 11) is 1.45. The summed E-state index contributed by atoms with van der Waals surface area (Å²) in [5.74, 6) is 0.0734. The molecule has 2 aromatic rings. The van der Waals surface area contributed by atoms with Gasteiger partial charge in [-0.2, -0.15) is 0 Å². The Hall–Kier alpha value is -2.09. The van der Waals surface area contributed by atoms with Crippen molar-refractivity contribution in [3.8, 4) is 0 Å². The molecule has 24 heavy (non-hydrogen) atoms. The minimum atomic E-state index is -0.150. The summed E-state index contributed by atoms with van der Waals surface area (Å²) >= 11 is 0. The molecule has 0 aliphatic carbocycles. The third-order valence-electron chi connectivity index (χ3n) is 4.23. The van der Waals surface area contributed by atoms with Gasteiger partial charge in [0, 0.05) is 12.3 Å². The molecule has 0 aromatic heterocycles. The molecular weight excluding hydrogens is 296 g/mol. The van der Waals surface area contributed by atoms with Crippen LogP contribution < -0.4 is 0 Å². The fourth-order valence-corrected chi connectivity index (χ4v) is 3.04. The molecule has 1 unspecified atom stereocenters. The van der Waals surface area contributed by atoms with Crippen LogP contribution in [-0.2, 0) is 9.53 Å². The molecule has 0 saturated heterocycles. The third kappa shape index (κ3) is 5.23. The molecule has 0 saturated carbocycles. The first-order valence-corrected chi connectivity index (χ1v) is 8.72. The normalized spacial score (nSPS) is 11.2. The number of esters is 1. The summed E-state index contributed by atoms with van der Waals surface area (Å²) in [6.45, 7) is 10.4. The van der Waals surface area contributed by atoms with Crippen molar-refractivity contribution >= 4 is 5.97 Å². The highest BCUT2D eigenvalue weighted by Gasteiger charge is 2.19. The van der Waals surface area contributed by atoms with Crippen molar-refractivity contribution in [1.82, 2.24) is 0 Å². The van der Waals surface area contributed by atoms with Crippen LogP contribution in [0.4, 0.5) is 0 Å². The van der Waals surface area contributed by atoms with Crippen molar-refractivity contribution in [2.75, 3.05) is 7.11 Å². The molecule has 0 N–H and O–H groups in total. The highest BCUT2D eigenvalue weighted by Crippen LogP contribution is 2.33. The lowest BCUT2D eigenvalue weighted by Gasteiger charge is -2.22. The average Bonchev–Trinajstić information content (AvgIpc) is 2.59. The van der Waals surface area contributed by atoms with Crippen molar-refractivity contribution in [2.45, 2.75) is 53.4 Å². The summed E-state index contributed by atoms with van der Waals surface area (Å²) < 4.78 is 4.81. The number of hydrogen-bond acceptors (Lipinski definition) is 2. The molecule has 2 aromatic carbocycles. The summed E-state index contributed by atoms with van der Waals surface area (Å²) in [6, 6.07) is 15.0. The number of ether oxygens (including phenoxy) is 1. The topological polar surface area (TPSA) is 26.3 Å². The molecule has 1 atom stereocenters. The van der Waals surface area contributed by atoms with Crippen LogP contribution in [0, 0.1) is 20.8 Å². The molecule has 130 valence electrons. The van der Waals surface area contributed by atoms with E-state index >= 15 is 0 Å². The number of benzene rings is 2. The Morgan fingerprint density at radius 1 is 0.958 bits per heavy atom. The standard InChI is InChI=1S/C20H24O2.C2H6/c1-14-9-10-18(16(3)13-14)19(11-12-20(21)22-4)17-8-6-5-7-15(17)2;1-2/h5-10,13,19H,11-12H2,1-4H3;1-2H3. The van der Waals surface area contributed by atoms with Crippen LogP contribution >= 0.6 is 0 Å². The van der Waals surface area contributed by atoms with Gasteiger partial charge in [0.05, 0.1) is 7.11 Å². The lowest BCUT2D eigenvalue weighted by Crippen LogP contribution is -2.09. The lowest BCUT2D eigenvalue weighted by molar-refractivity contribution is -0.140. The molecule has 0 heterocycles. The smallest absolute Gasteiger partial charge is 0.305 e. The van der Waals surface area contributed by atoms with Gasteiger partial charge >= 0.3 is 5.97 Å². The van der Waals surface area contributed by atoms with E-state index in [2.05, 4.69) is 63.2 Å². The molecule has 2 rings (SSSR count). The largest absolute Gasteiger partial charge is 0.469 e. The second-order valence-corrected chi connectivity index (χ2v) is 5.88. The number of carbonyl (C=O) groups is 1. The predicted octanol–water partition coefficient (Wildman–Crippen LogP) is 5.72. The second-order valence-electron chi connectivity index (χ2n) is 5.88. The summed E-state index contributed by atoms with van der Waals surface area (Å²) in [6.07, 6.45) is 1.20. The first-order valence-electron chi connectivity index (χ1n) is 8.72. The van der Waals surface area contributed by atoms with Crippen LogP contribution in [0.1, 0.15) is 60.4 Å². The molecule has 0 radical (unpaired) electrons. The van der Waals surface area contributed by atoms with Crippen LogP contribution in [0.15, 0.2) is 42.5 Å². The Kier molecular flexibility index (Phi) is 8.25. The fraction of sp³-hybridized carbons (Fsp3) is 0.409. The average molecular weight is 326 g/mol. The monoisotopic (exact) mass is 326 g/mol. The second kappa shape index (κ2) is 9.92. The number of carbonyl (C=O) groups excluding carboxylic acids is 1. The maximum atomic E-state index is 11.6. The first kappa shape index (κ1) is 20.0. The zero-order valence-electron chi connectivity index (χ0n) is 15.8. The van der Waals surface area contributed by atoms with Gasteiger partial charge in [-0.25, -0.2) is 0 Å². The first-order chi connectivity index (χ1) is 11.5. The molecule has 0 amide bonds. The quantitative estimate of drug-likeness (QED) is 0.657. The van der Waals surface area contributed by atoms with E-state index in [9.17, 15) is 4.79 Å². The van der Waals surface area contributed by atoms with Gasteiger partial charge in [0.15, 0.2) is 0 Å². The summed E-state index contributed by atoms with van der Waals surface area (Å²) in [5.41, 5.74) is 6.38. The van der Waals surface area contributed by atoms with Crippen LogP contribution in [0.25, 0.3) is 0 Å². The Bertz CT molecular complexity index is 659. The van der Waals surface area contributed by atoms with Gasteiger partial charge in [-0.15, -0.1) is 0 Å². The van der Waals surface area contributed by atoms with Gasteiger partial charge in [-0.05, 0) is 49.4 Å². The van der Waals surface area contributed by atoms with Crippen molar-refractivity contribution in [3.05, 3.63) is 70.3 Å². The number of methoxy groups -OCH3 is 1. The molecule has 0 fully saturated rings. The van der Waals surface area contributed by atoms with Gasteiger partial charge in [-0.3, -0.25) is 4.79 Å². The zero-order chi connectivity index (χ0) is 18.1. The zero-order valence-corrected chi connectivity index (χ0v) is 15.8. The highest BCUT2D eigenvalue weighted by molar-refractivity contribution is 5.69. The molecule has 0 aliphatic heterocycles. The van der Waals surface area contributed by atoms with Crippen LogP contribution in [0.5, 0.6) is 0 Å². The van der Waals surface area contributed by atoms with E-state index in [1.807, 2.05) is 13.8 Å². The SMILES string of the molecule is CC.COC(=O)CCC(c1ccccc1C)c1ccc(C)cc1C. The van der Waals surface area contributed by atoms with E-state index in [0.717, 1.165) is 6.42 Å². The van der Waals surface area contributed by atoms with E-state index in [1.54, 1.807) is 0 Å². The fourth-order valence-electron chi connectivity index (χ4n) is 3.04. The predicted molar refractivity (Wildman–Crippen MR) is 102 cm³/mol. The summed E-state index contributed by atoms with van der Waals surface area (Å²) in [5, 5.41) is 0. The Morgan fingerprint density at radius 3 is 2.17 bits per heavy atom. The van der Waals surface area contributed by atoms with Crippen molar-refractivity contribution in [1.29, 1.82) is 0 Å². The van der Waals surface area contributed by atoms with Crippen molar-refractivity contribution < 1.29 is 9.53 Å². The summed E-state index contributed by atoms with van der Waals surface area (Å²) in [4.78, 5) is 11.6. The van der Waals surface area contributed by atoms with Crippen molar-refractivity contribution in [2.24, 2.45) is 0 Å². The maximum absolute atomic E-state index is 11.6. The molecule has 0 spiro atoms. The van der Waals surface area contributed by atoms with Gasteiger partial charge in [0.1, 0.15) is 0 Å². The van der Waals surface area contributed by atoms with Gasteiger partial charge in [0.25, 0.3) is 0 Å². The molecule has 2 nitrogen and oxygen atoms in total. The van der Waals surface area contributed by atoms with Crippen LogP contribution in [0.2, 0.25) is 0 Å². The van der Waals surface area contributed by atoms with Gasteiger partial charge in [0.2, 0.25) is 0 Å². The Morgan fingerprint density at radius 2 is 1.58 bits per heavy atom. The Labute approximate surface area is 146 Å². The van der Waals surface area contributed by atoms with Crippen LogP contribution in [0.3, 0.4) is 0 Å². The number of hydrogen-bond donors (Lipinski definition) is 0. The lowest BCUT2D eigenvalue weighted by atomic mass is 9.83. The Balaban J connectivity index is 0.00000139. The van der Waals surface area contributed by atoms with Crippen LogP contribution in [-0.4, -0.2) is 13.1 Å². The van der Waals surface area contributed by atoms with E-state index in [-0.39, 0.29) is 11.9 Å². The third-order valence-corrected chi connectivity index (χ3v) is 4.23.